The molecule has 0 atom stereocenters. The van der Waals surface area contributed by atoms with Crippen molar-refractivity contribution >= 4 is 11.6 Å². The Morgan fingerprint density at radius 1 is 1.27 bits per heavy atom. The number of piperidine rings is 1. The Kier molecular flexibility index (Phi) is 6.99. The quantitative estimate of drug-likeness (QED) is 0.547. The summed E-state index contributed by atoms with van der Waals surface area (Å²) in [5.41, 5.74) is 0.854. The molecule has 1 heterocycles. The van der Waals surface area contributed by atoms with Crippen LogP contribution in [0.5, 0.6) is 5.75 Å². The smallest absolute Gasteiger partial charge is 0.270 e. The fraction of sp³-hybridized carbons (Fsp3) is 0.409. The molecule has 1 aliphatic rings. The number of nitrogens with one attached hydrogen (secondary N) is 1. The third-order valence-electron chi connectivity index (χ3n) is 5.05. The number of benzene rings is 2. The first-order valence-electron chi connectivity index (χ1n) is 10.0. The summed E-state index contributed by atoms with van der Waals surface area (Å²) in [6.45, 7) is 5.78. The predicted octanol–water partition coefficient (Wildman–Crippen LogP) is 3.92. The Morgan fingerprint density at radius 3 is 2.60 bits per heavy atom. The first-order chi connectivity index (χ1) is 14.3. The molecular formula is C22H26FN3O4. The van der Waals surface area contributed by atoms with Crippen LogP contribution in [0.3, 0.4) is 0 Å². The lowest BCUT2D eigenvalue weighted by Crippen LogP contribution is -2.44. The number of halogens is 1. The SMILES string of the molecule is CC(C)Oc1ccc([N+](=O)[O-])cc1CN1CCC(NC(=O)c2ccccc2F)CC1. The average Bonchev–Trinajstić information content (AvgIpc) is 2.70. The van der Waals surface area contributed by atoms with Gasteiger partial charge in [-0.05, 0) is 44.9 Å². The Hall–Kier alpha value is -3.00. The molecule has 1 fully saturated rings. The van der Waals surface area contributed by atoms with Crippen molar-refractivity contribution in [2.45, 2.75) is 45.4 Å². The second kappa shape index (κ2) is 9.67. The van der Waals surface area contributed by atoms with Crippen molar-refractivity contribution < 1.29 is 18.8 Å². The van der Waals surface area contributed by atoms with E-state index < -0.39 is 16.6 Å². The van der Waals surface area contributed by atoms with Crippen molar-refractivity contribution in [1.82, 2.24) is 10.2 Å². The zero-order valence-electron chi connectivity index (χ0n) is 17.1. The molecule has 7 nitrogen and oxygen atoms in total. The van der Waals surface area contributed by atoms with Crippen LogP contribution in [0.4, 0.5) is 10.1 Å². The number of likely N-dealkylation sites (tertiary alicyclic amines) is 1. The number of nitrogens with zero attached hydrogens (tertiary/aromatic N) is 2. The zero-order valence-corrected chi connectivity index (χ0v) is 17.1. The highest BCUT2D eigenvalue weighted by Crippen LogP contribution is 2.27. The summed E-state index contributed by atoms with van der Waals surface area (Å²) in [5.74, 6) is -0.292. The maximum absolute atomic E-state index is 13.8. The van der Waals surface area contributed by atoms with Crippen LogP contribution >= 0.6 is 0 Å². The van der Waals surface area contributed by atoms with Crippen LogP contribution in [0, 0.1) is 15.9 Å². The Bertz CT molecular complexity index is 911. The molecule has 3 rings (SSSR count). The van der Waals surface area contributed by atoms with Crippen LogP contribution in [0.2, 0.25) is 0 Å². The van der Waals surface area contributed by atoms with E-state index in [4.69, 9.17) is 4.74 Å². The summed E-state index contributed by atoms with van der Waals surface area (Å²) in [6, 6.07) is 10.5. The molecule has 2 aromatic rings. The number of non-ortho nitro benzene ring substituents is 1. The summed E-state index contributed by atoms with van der Waals surface area (Å²) in [4.78, 5) is 25.2. The van der Waals surface area contributed by atoms with Gasteiger partial charge in [0.15, 0.2) is 0 Å². The van der Waals surface area contributed by atoms with Gasteiger partial charge in [0.25, 0.3) is 11.6 Å². The van der Waals surface area contributed by atoms with Crippen LogP contribution in [0.25, 0.3) is 0 Å². The molecule has 0 radical (unpaired) electrons. The number of ether oxygens (including phenoxy) is 1. The van der Waals surface area contributed by atoms with Crippen molar-refractivity contribution in [2.75, 3.05) is 13.1 Å². The molecule has 0 aromatic heterocycles. The second-order valence-corrected chi connectivity index (χ2v) is 7.72. The van der Waals surface area contributed by atoms with E-state index in [1.807, 2.05) is 13.8 Å². The molecule has 1 aliphatic heterocycles. The standard InChI is InChI=1S/C22H26FN3O4/c1-15(2)30-21-8-7-18(26(28)29)13-16(21)14-25-11-9-17(10-12-25)24-22(27)19-5-3-4-6-20(19)23/h3-8,13,15,17H,9-12,14H2,1-2H3,(H,24,27). The lowest BCUT2D eigenvalue weighted by atomic mass is 10.0. The molecule has 8 heteroatoms. The van der Waals surface area contributed by atoms with Gasteiger partial charge in [-0.25, -0.2) is 4.39 Å². The van der Waals surface area contributed by atoms with Gasteiger partial charge < -0.3 is 10.1 Å². The van der Waals surface area contributed by atoms with Crippen LogP contribution in [0.1, 0.15) is 42.6 Å². The molecule has 0 bridgehead atoms. The van der Waals surface area contributed by atoms with E-state index in [1.54, 1.807) is 24.3 Å². The van der Waals surface area contributed by atoms with Gasteiger partial charge in [-0.1, -0.05) is 12.1 Å². The second-order valence-electron chi connectivity index (χ2n) is 7.72. The maximum atomic E-state index is 13.8. The fourth-order valence-electron chi connectivity index (χ4n) is 3.56. The fourth-order valence-corrected chi connectivity index (χ4v) is 3.56. The molecule has 0 unspecified atom stereocenters. The summed E-state index contributed by atoms with van der Waals surface area (Å²) in [5, 5.41) is 14.1. The highest BCUT2D eigenvalue weighted by molar-refractivity contribution is 5.94. The molecule has 1 N–H and O–H groups in total. The normalized spacial score (nSPS) is 15.2. The third kappa shape index (κ3) is 5.54. The van der Waals surface area contributed by atoms with E-state index in [0.29, 0.717) is 25.4 Å². The number of hydrogen-bond donors (Lipinski definition) is 1. The number of amides is 1. The van der Waals surface area contributed by atoms with Crippen molar-refractivity contribution in [2.24, 2.45) is 0 Å². The monoisotopic (exact) mass is 415 g/mol. The zero-order chi connectivity index (χ0) is 21.7. The van der Waals surface area contributed by atoms with E-state index >= 15 is 0 Å². The van der Waals surface area contributed by atoms with Gasteiger partial charge >= 0.3 is 0 Å². The molecule has 160 valence electrons. The topological polar surface area (TPSA) is 84.7 Å². The highest BCUT2D eigenvalue weighted by Gasteiger charge is 2.24. The highest BCUT2D eigenvalue weighted by atomic mass is 19.1. The van der Waals surface area contributed by atoms with E-state index in [9.17, 15) is 19.3 Å². The summed E-state index contributed by atoms with van der Waals surface area (Å²) in [7, 11) is 0. The van der Waals surface area contributed by atoms with Crippen LogP contribution < -0.4 is 10.1 Å². The molecule has 30 heavy (non-hydrogen) atoms. The summed E-state index contributed by atoms with van der Waals surface area (Å²) < 4.78 is 19.6. The van der Waals surface area contributed by atoms with Gasteiger partial charge in [-0.2, -0.15) is 0 Å². The minimum absolute atomic E-state index is 0.0353. The Morgan fingerprint density at radius 2 is 1.97 bits per heavy atom. The first-order valence-corrected chi connectivity index (χ1v) is 10.0. The molecule has 2 aromatic carbocycles. The van der Waals surface area contributed by atoms with Crippen LogP contribution in [-0.2, 0) is 6.54 Å². The number of carbonyl (C=O) groups is 1. The van der Waals surface area contributed by atoms with E-state index in [1.165, 1.54) is 18.2 Å². The number of hydrogen-bond acceptors (Lipinski definition) is 5. The number of rotatable bonds is 7. The third-order valence-corrected chi connectivity index (χ3v) is 5.05. The van der Waals surface area contributed by atoms with E-state index in [0.717, 1.165) is 18.4 Å². The first kappa shape index (κ1) is 21.7. The molecule has 0 spiro atoms. The molecule has 0 aliphatic carbocycles. The predicted molar refractivity (Wildman–Crippen MR) is 111 cm³/mol. The van der Waals surface area contributed by atoms with Crippen molar-refractivity contribution in [3.8, 4) is 5.75 Å². The largest absolute Gasteiger partial charge is 0.491 e. The maximum Gasteiger partial charge on any atom is 0.270 e. The summed E-state index contributed by atoms with van der Waals surface area (Å²) in [6.07, 6.45) is 1.40. The van der Waals surface area contributed by atoms with Crippen molar-refractivity contribution in [3.63, 3.8) is 0 Å². The van der Waals surface area contributed by atoms with Gasteiger partial charge in [0, 0.05) is 43.4 Å². The van der Waals surface area contributed by atoms with Gasteiger partial charge in [0.2, 0.25) is 0 Å². The Balaban J connectivity index is 1.60. The van der Waals surface area contributed by atoms with Gasteiger partial charge in [0.05, 0.1) is 16.6 Å². The van der Waals surface area contributed by atoms with E-state index in [-0.39, 0.29) is 23.4 Å². The van der Waals surface area contributed by atoms with Crippen molar-refractivity contribution in [3.05, 3.63) is 69.5 Å². The van der Waals surface area contributed by atoms with Crippen LogP contribution in [0.15, 0.2) is 42.5 Å². The summed E-state index contributed by atoms with van der Waals surface area (Å²) >= 11 is 0. The minimum atomic E-state index is -0.532. The number of nitro groups is 1. The number of carbonyl (C=O) groups excluding carboxylic acids is 1. The molecule has 1 saturated heterocycles. The molecule has 1 amide bonds. The lowest BCUT2D eigenvalue weighted by molar-refractivity contribution is -0.385. The number of nitro benzene ring substituents is 1. The Labute approximate surface area is 175 Å². The molecular weight excluding hydrogens is 389 g/mol. The van der Waals surface area contributed by atoms with Gasteiger partial charge in [-0.3, -0.25) is 19.8 Å². The van der Waals surface area contributed by atoms with E-state index in [2.05, 4.69) is 10.2 Å². The molecule has 0 saturated carbocycles. The van der Waals surface area contributed by atoms with Gasteiger partial charge in [0.1, 0.15) is 11.6 Å². The van der Waals surface area contributed by atoms with Crippen molar-refractivity contribution in [1.29, 1.82) is 0 Å². The average molecular weight is 415 g/mol. The minimum Gasteiger partial charge on any atom is -0.491 e. The van der Waals surface area contributed by atoms with Crippen LogP contribution in [-0.4, -0.2) is 41.0 Å². The lowest BCUT2D eigenvalue weighted by Gasteiger charge is -2.32. The van der Waals surface area contributed by atoms with Gasteiger partial charge in [-0.15, -0.1) is 0 Å².